The van der Waals surface area contributed by atoms with E-state index in [1.165, 1.54) is 124 Å². The van der Waals surface area contributed by atoms with E-state index in [1.807, 2.05) is 12.5 Å². The summed E-state index contributed by atoms with van der Waals surface area (Å²) >= 11 is 0. The van der Waals surface area contributed by atoms with Crippen molar-refractivity contribution in [2.45, 2.75) is 331 Å². The molecule has 8 aliphatic heterocycles. The number of ether oxygens (including phenoxy) is 3. The number of piperidine rings is 1. The van der Waals surface area contributed by atoms with Crippen LogP contribution in [0.1, 0.15) is 290 Å². The third-order valence-electron chi connectivity index (χ3n) is 24.0. The van der Waals surface area contributed by atoms with Crippen LogP contribution in [0.25, 0.3) is 21.8 Å². The Morgan fingerprint density at radius 1 is 0.521 bits per heavy atom. The van der Waals surface area contributed by atoms with Gasteiger partial charge in [-0.15, -0.1) is 5.10 Å². The van der Waals surface area contributed by atoms with Crippen LogP contribution in [0, 0.1) is 33.5 Å². The molecule has 1 amide bonds. The molecule has 4 atom stereocenters. The van der Waals surface area contributed by atoms with Gasteiger partial charge in [-0.1, -0.05) is 136 Å². The number of hydrazone groups is 1. The normalized spacial score (nSPS) is 20.6. The van der Waals surface area contributed by atoms with Crippen molar-refractivity contribution in [1.29, 1.82) is 0 Å². The van der Waals surface area contributed by atoms with Gasteiger partial charge in [0.15, 0.2) is 5.88 Å². The largest absolute Gasteiger partial charge is 0.443 e. The van der Waals surface area contributed by atoms with Gasteiger partial charge in [-0.2, -0.15) is 10.2 Å². The molecule has 2 aliphatic carbocycles. The van der Waals surface area contributed by atoms with E-state index < -0.39 is 0 Å². The molecule has 2 aromatic carbocycles. The first-order valence-electron chi connectivity index (χ1n) is 43.8. The van der Waals surface area contributed by atoms with E-state index in [0.29, 0.717) is 33.6 Å². The highest BCUT2D eigenvalue weighted by Crippen LogP contribution is 2.39. The predicted molar refractivity (Wildman–Crippen MR) is 497 cm³/mol. The molecule has 119 heavy (non-hydrogen) atoms. The summed E-state index contributed by atoms with van der Waals surface area (Å²) in [5.41, 5.74) is 22.7. The average Bonchev–Trinajstić information content (AvgIpc) is 1.63. The summed E-state index contributed by atoms with van der Waals surface area (Å²) in [4.78, 5) is 46.0. The Morgan fingerprint density at radius 3 is 1.68 bits per heavy atom. The highest BCUT2D eigenvalue weighted by atomic mass is 16.6. The number of amides is 1. The maximum absolute atomic E-state index is 11.0. The number of aromatic amines is 5. The van der Waals surface area contributed by atoms with E-state index in [2.05, 4.69) is 353 Å². The number of carbonyl (C=O) groups excluding carboxylic acids is 1. The Hall–Kier alpha value is -8.24. The Morgan fingerprint density at radius 2 is 1.08 bits per heavy atom. The zero-order valence-electron chi connectivity index (χ0n) is 77.8. The number of benzene rings is 2. The first-order valence-corrected chi connectivity index (χ1v) is 43.8. The number of hydrogen-bond donors (Lipinski definition) is 8. The number of H-pyrrole nitrogens is 5. The number of rotatable bonds is 2. The number of imidazole rings is 2. The van der Waals surface area contributed by atoms with Gasteiger partial charge in [0.1, 0.15) is 11.9 Å². The molecule has 21 heteroatoms. The smallest absolute Gasteiger partial charge is 0.407 e. The third kappa shape index (κ3) is 29.0. The fourth-order valence-electron chi connectivity index (χ4n) is 16.3. The van der Waals surface area contributed by atoms with Crippen LogP contribution in [0.5, 0.6) is 0 Å². The van der Waals surface area contributed by atoms with Crippen LogP contribution in [-0.2, 0) is 71.2 Å². The number of nitrogens with one attached hydrogen (secondary N) is 8. The third-order valence-corrected chi connectivity index (χ3v) is 24.0. The van der Waals surface area contributed by atoms with Crippen molar-refractivity contribution in [3.8, 4) is 0 Å². The Bertz CT molecular complexity index is 4310. The summed E-state index contributed by atoms with van der Waals surface area (Å²) < 4.78 is 15.9. The van der Waals surface area contributed by atoms with Gasteiger partial charge < -0.3 is 49.8 Å². The quantitative estimate of drug-likeness (QED) is 0.0807. The predicted octanol–water partition coefficient (Wildman–Crippen LogP) is 21.6. The lowest BCUT2D eigenvalue weighted by Gasteiger charge is -2.41. The van der Waals surface area contributed by atoms with Crippen molar-refractivity contribution in [3.63, 3.8) is 0 Å². The molecule has 0 bridgehead atoms. The van der Waals surface area contributed by atoms with E-state index >= 15 is 0 Å². The molecule has 10 aliphatic rings. The highest BCUT2D eigenvalue weighted by molar-refractivity contribution is 6.07. The highest BCUT2D eigenvalue weighted by Gasteiger charge is 2.42. The number of aryl methyl sites for hydroxylation is 2. The molecule has 13 heterocycles. The fraction of sp³-hybridized carbons (Fsp3) is 0.633. The van der Waals surface area contributed by atoms with Crippen molar-refractivity contribution < 1.29 is 19.0 Å². The molecule has 5 aromatic heterocycles. The minimum absolute atomic E-state index is 0. The summed E-state index contributed by atoms with van der Waals surface area (Å²) in [6.07, 6.45) is 24.0. The molecule has 658 valence electrons. The number of carbonyl (C=O) groups is 1. The average molecular weight is 1640 g/mol. The van der Waals surface area contributed by atoms with Gasteiger partial charge in [0.2, 0.25) is 11.8 Å². The SMILES string of the molecule is C.C=C1NC2=C(CN(C(C)(C)C)CC2)O1.C=C1NN=C(CC(C)(C)C)O1.CC(C)(C)C1CCc2[nH]ccc2C1.CC(C)(C)C1CCc2nc[nH]c2C1.CC(C)(C)CC1=NN=CC1.CC(C)(C)N1CCC2NC(=O)OC2C1.CC(C)(C)N1CCc2[nH]ccc2C1.CC(C)(C)N1CCc2nc[nH]c2C1.CC(C)(C)c1ccc2[nH]c3ccccc3c2c1. The molecule has 0 saturated carbocycles. The first kappa shape index (κ1) is 96.2. The van der Waals surface area contributed by atoms with Crippen LogP contribution in [0.15, 0.2) is 131 Å². The van der Waals surface area contributed by atoms with Gasteiger partial charge in [-0.05, 0) is 234 Å². The summed E-state index contributed by atoms with van der Waals surface area (Å²) in [7, 11) is 0. The second kappa shape index (κ2) is 39.7. The topological polar surface area (TPSA) is 236 Å². The number of aromatic nitrogens is 7. The molecule has 8 N–H and O–H groups in total. The first-order chi connectivity index (χ1) is 54.8. The molecule has 2 fully saturated rings. The number of alkyl carbamates (subject to hydrolysis) is 1. The van der Waals surface area contributed by atoms with E-state index in [1.54, 1.807) is 11.9 Å². The summed E-state index contributed by atoms with van der Waals surface area (Å²) in [5, 5.41) is 20.4. The van der Waals surface area contributed by atoms with Gasteiger partial charge in [0.05, 0.1) is 48.0 Å². The van der Waals surface area contributed by atoms with E-state index in [9.17, 15) is 4.79 Å². The lowest BCUT2D eigenvalue weighted by Crippen LogP contribution is -2.54. The van der Waals surface area contributed by atoms with Gasteiger partial charge >= 0.3 is 6.09 Å². The molecule has 17 rings (SSSR count). The van der Waals surface area contributed by atoms with Crippen molar-refractivity contribution >= 4 is 45.7 Å². The number of likely N-dealkylation sites (tertiary alicyclic amines) is 1. The molecular formula is C98H157N17O4. The minimum atomic E-state index is -0.254. The van der Waals surface area contributed by atoms with Crippen molar-refractivity contribution in [3.05, 3.63) is 167 Å². The Kier molecular flexibility index (Phi) is 32.1. The minimum Gasteiger partial charge on any atom is -0.443 e. The van der Waals surface area contributed by atoms with Crippen LogP contribution in [0.4, 0.5) is 4.79 Å². The van der Waals surface area contributed by atoms with E-state index in [4.69, 9.17) is 14.2 Å². The molecule has 4 unspecified atom stereocenters. The number of hydrogen-bond acceptors (Lipinski definition) is 15. The second-order valence-electron chi connectivity index (χ2n) is 43.4. The molecule has 21 nitrogen and oxygen atoms in total. The van der Waals surface area contributed by atoms with Gasteiger partial charge in [-0.25, -0.2) is 20.2 Å². The van der Waals surface area contributed by atoms with Gasteiger partial charge in [0.25, 0.3) is 0 Å². The Balaban J connectivity index is 0.000000167. The van der Waals surface area contributed by atoms with Gasteiger partial charge in [0, 0.05) is 163 Å². The summed E-state index contributed by atoms with van der Waals surface area (Å²) in [5.74, 6) is 4.63. The molecule has 7 aromatic rings. The van der Waals surface area contributed by atoms with Crippen LogP contribution in [0.2, 0.25) is 0 Å². The molecule has 0 radical (unpaired) electrons. The van der Waals surface area contributed by atoms with Gasteiger partial charge in [-0.3, -0.25) is 19.6 Å². The lowest BCUT2D eigenvalue weighted by molar-refractivity contribution is 0.0255. The maximum atomic E-state index is 11.0. The molecule has 2 saturated heterocycles. The second-order valence-corrected chi connectivity index (χ2v) is 43.4. The summed E-state index contributed by atoms with van der Waals surface area (Å²) in [6.45, 7) is 76.4. The monoisotopic (exact) mass is 1640 g/mol. The van der Waals surface area contributed by atoms with Crippen LogP contribution in [0.3, 0.4) is 0 Å². The van der Waals surface area contributed by atoms with Crippen molar-refractivity contribution in [2.24, 2.45) is 48.8 Å². The Labute approximate surface area is 717 Å². The molecular weight excluding hydrogens is 1480 g/mol. The zero-order chi connectivity index (χ0) is 86.7. The summed E-state index contributed by atoms with van der Waals surface area (Å²) in [6, 6.07) is 19.9. The standard InChI is InChI=1S/C16H17N.C12H19N.C11H18N2O.2C11H18N2.C10H17N3.C10H18N2O2.C8H14N2O.C8H14N2.CH4/c1-16(2,3)11-8-9-15-13(10-11)12-6-4-5-7-14(12)17-15;1-12(2,3)10-4-5-11-9(8-10)6-7-13-11;1-8-12-9-5-6-13(11(2,3)4)7-10(9)14-8;1-11(2,3)13-7-5-10-9(8-13)4-6-12-10;1-11(2,3)8-4-5-9-10(6-8)13-7-12-9;1-10(2,3)13-5-4-8-9(6-13)12-7-11-8;1-10(2,3)12-5-4-7-8(6-12)14-9(13)11-7;1-6-9-10-7(11-6)5-8(2,3)4;1-8(2,3)6-7-4-5-9-10-7;/h4-10,17H,1-3H3;6-7,10,13H,4-5,8H2,1-3H3;12H,1,5-7H2,2-4H3;4,6,12H,5,7-8H2,1-3H3;7-8H,4-6H2,1-3H3,(H,12,13);7H,4-6H2,1-3H3,(H,11,12);7-8H,4-6H2,1-3H3,(H,11,13);9H,1,5H2,2-4H3;5H,4,6H2,1-3H3;1H4. The van der Waals surface area contributed by atoms with Crippen LogP contribution in [-0.4, -0.2) is 152 Å². The number of nitrogens with zero attached hydrogens (tertiary/aromatic N) is 9. The fourth-order valence-corrected chi connectivity index (χ4v) is 16.3. The van der Waals surface area contributed by atoms with Crippen LogP contribution < -0.4 is 16.1 Å². The lowest BCUT2D eigenvalue weighted by atomic mass is 9.72. The zero-order valence-corrected chi connectivity index (χ0v) is 77.8. The molecule has 0 spiro atoms. The number of fused-ring (bicyclic) bond motifs is 8. The van der Waals surface area contributed by atoms with E-state index in [0.717, 1.165) is 114 Å². The van der Waals surface area contributed by atoms with E-state index in [-0.39, 0.29) is 53.1 Å². The number of para-hydroxylation sites is 1. The maximum Gasteiger partial charge on any atom is 0.407 e. The van der Waals surface area contributed by atoms with Crippen molar-refractivity contribution in [2.75, 3.05) is 39.3 Å². The van der Waals surface area contributed by atoms with Crippen LogP contribution >= 0.6 is 0 Å². The van der Waals surface area contributed by atoms with Crippen molar-refractivity contribution in [1.82, 2.24) is 70.5 Å².